The van der Waals surface area contributed by atoms with Gasteiger partial charge in [0.25, 0.3) is 0 Å². The maximum absolute atomic E-state index is 6.84. The summed E-state index contributed by atoms with van der Waals surface area (Å²) in [6.45, 7) is 14.4. The van der Waals surface area contributed by atoms with E-state index >= 15 is 0 Å². The fraction of sp³-hybridized carbons (Fsp3) is 1.00. The Labute approximate surface area is 186 Å². The lowest BCUT2D eigenvalue weighted by atomic mass is 9.86. The summed E-state index contributed by atoms with van der Waals surface area (Å²) in [6, 6.07) is 2.62. The van der Waals surface area contributed by atoms with Crippen molar-refractivity contribution >= 4 is 25.2 Å². The van der Waals surface area contributed by atoms with E-state index in [0.717, 1.165) is 11.8 Å². The molecule has 0 spiro atoms. The van der Waals surface area contributed by atoms with Crippen molar-refractivity contribution < 1.29 is 8.23 Å². The number of hydrogen-bond acceptors (Lipinski definition) is 2. The maximum atomic E-state index is 6.84. The van der Waals surface area contributed by atoms with Crippen molar-refractivity contribution in [1.29, 1.82) is 0 Å². The largest absolute Gasteiger partial charge is 0.437 e. The van der Waals surface area contributed by atoms with Crippen molar-refractivity contribution in [2.75, 3.05) is 0 Å². The molecular formula is C24H52O2Si3. The lowest BCUT2D eigenvalue weighted by Gasteiger charge is -2.39. The summed E-state index contributed by atoms with van der Waals surface area (Å²) in [5, 5.41) is 0. The van der Waals surface area contributed by atoms with Crippen LogP contribution in [0.1, 0.15) is 89.9 Å². The zero-order valence-electron chi connectivity index (χ0n) is 20.8. The monoisotopic (exact) mass is 456 g/mol. The SMILES string of the molecule is C[Si](C)(CCCC1CCCCC1)O[Si](C)(C)O[Si](C)(C)CCCC1CCCCC1. The van der Waals surface area contributed by atoms with E-state index < -0.39 is 25.2 Å². The van der Waals surface area contributed by atoms with E-state index in [-0.39, 0.29) is 0 Å². The molecule has 0 aromatic rings. The quantitative estimate of drug-likeness (QED) is 0.273. The van der Waals surface area contributed by atoms with E-state index in [1.807, 2.05) is 0 Å². The zero-order valence-corrected chi connectivity index (χ0v) is 23.8. The van der Waals surface area contributed by atoms with Gasteiger partial charge in [-0.15, -0.1) is 0 Å². The Bertz CT molecular complexity index is 413. The third-order valence-corrected chi connectivity index (χ3v) is 18.7. The molecule has 2 rings (SSSR count). The zero-order chi connectivity index (χ0) is 21.4. The molecule has 2 nitrogen and oxygen atoms in total. The van der Waals surface area contributed by atoms with Gasteiger partial charge in [-0.2, -0.15) is 0 Å². The van der Waals surface area contributed by atoms with Crippen LogP contribution in [0, 0.1) is 11.8 Å². The first-order chi connectivity index (χ1) is 13.6. The minimum atomic E-state index is -2.03. The summed E-state index contributed by atoms with van der Waals surface area (Å²) < 4.78 is 13.7. The third kappa shape index (κ3) is 11.1. The molecule has 2 fully saturated rings. The first-order valence-electron chi connectivity index (χ1n) is 13.0. The van der Waals surface area contributed by atoms with Crippen LogP contribution >= 0.6 is 0 Å². The third-order valence-electron chi connectivity index (χ3n) is 7.28. The second-order valence-electron chi connectivity index (χ2n) is 11.9. The molecule has 2 aliphatic rings. The molecule has 5 heteroatoms. The molecule has 29 heavy (non-hydrogen) atoms. The minimum absolute atomic E-state index is 1.01. The topological polar surface area (TPSA) is 18.5 Å². The predicted octanol–water partition coefficient (Wildman–Crippen LogP) is 8.85. The molecule has 0 aromatic carbocycles. The lowest BCUT2D eigenvalue weighted by molar-refractivity contribution is 0.331. The summed E-state index contributed by atoms with van der Waals surface area (Å²) in [5.74, 6) is 2.01. The van der Waals surface area contributed by atoms with Crippen molar-refractivity contribution in [1.82, 2.24) is 0 Å². The van der Waals surface area contributed by atoms with Crippen molar-refractivity contribution in [3.05, 3.63) is 0 Å². The molecule has 0 amide bonds. The highest BCUT2D eigenvalue weighted by molar-refractivity contribution is 6.87. The Kier molecular flexibility index (Phi) is 10.7. The van der Waals surface area contributed by atoms with Gasteiger partial charge in [0.15, 0.2) is 16.6 Å². The lowest BCUT2D eigenvalue weighted by Crippen LogP contribution is -2.52. The number of rotatable bonds is 12. The van der Waals surface area contributed by atoms with Gasteiger partial charge in [-0.1, -0.05) is 89.9 Å². The molecule has 0 radical (unpaired) electrons. The van der Waals surface area contributed by atoms with E-state index in [1.165, 1.54) is 102 Å². The summed E-state index contributed by atoms with van der Waals surface area (Å²) in [5.41, 5.74) is 0. The highest BCUT2D eigenvalue weighted by atomic mass is 28.5. The second-order valence-corrected chi connectivity index (χ2v) is 24.4. The maximum Gasteiger partial charge on any atom is 0.311 e. The standard InChI is InChI=1S/C24H52O2Si3/c1-27(2,21-13-19-23-15-9-7-10-16-23)25-29(5,6)26-28(3,4)22-14-20-24-17-11-8-12-18-24/h23-24H,7-22H2,1-6H3. The molecule has 0 aliphatic heterocycles. The molecule has 2 aliphatic carbocycles. The highest BCUT2D eigenvalue weighted by Crippen LogP contribution is 2.32. The molecule has 0 heterocycles. The summed E-state index contributed by atoms with van der Waals surface area (Å²) >= 11 is 0. The Balaban J connectivity index is 1.69. The van der Waals surface area contributed by atoms with Crippen molar-refractivity contribution in [2.45, 2.75) is 141 Å². The average molecular weight is 457 g/mol. The van der Waals surface area contributed by atoms with Gasteiger partial charge in [0.05, 0.1) is 0 Å². The number of hydrogen-bond donors (Lipinski definition) is 0. The van der Waals surface area contributed by atoms with Crippen LogP contribution in [0.3, 0.4) is 0 Å². The van der Waals surface area contributed by atoms with E-state index in [9.17, 15) is 0 Å². The molecule has 172 valence electrons. The van der Waals surface area contributed by atoms with Crippen molar-refractivity contribution in [2.24, 2.45) is 11.8 Å². The molecular weight excluding hydrogens is 405 g/mol. The Morgan fingerprint density at radius 1 is 0.552 bits per heavy atom. The van der Waals surface area contributed by atoms with E-state index in [4.69, 9.17) is 8.23 Å². The van der Waals surface area contributed by atoms with E-state index in [1.54, 1.807) is 0 Å². The van der Waals surface area contributed by atoms with Gasteiger partial charge in [0, 0.05) is 0 Å². The minimum Gasteiger partial charge on any atom is -0.437 e. The molecule has 0 bridgehead atoms. The first kappa shape index (κ1) is 25.8. The molecule has 0 aromatic heterocycles. The van der Waals surface area contributed by atoms with Gasteiger partial charge in [-0.25, -0.2) is 0 Å². The smallest absolute Gasteiger partial charge is 0.311 e. The fourth-order valence-corrected chi connectivity index (χ4v) is 20.2. The van der Waals surface area contributed by atoms with Crippen molar-refractivity contribution in [3.8, 4) is 0 Å². The van der Waals surface area contributed by atoms with Crippen LogP contribution < -0.4 is 0 Å². The van der Waals surface area contributed by atoms with E-state index in [0.29, 0.717) is 0 Å². The highest BCUT2D eigenvalue weighted by Gasteiger charge is 2.39. The van der Waals surface area contributed by atoms with Crippen LogP contribution in [0.5, 0.6) is 0 Å². The van der Waals surface area contributed by atoms with Crippen molar-refractivity contribution in [3.63, 3.8) is 0 Å². The predicted molar refractivity (Wildman–Crippen MR) is 136 cm³/mol. The van der Waals surface area contributed by atoms with E-state index in [2.05, 4.69) is 39.3 Å². The Morgan fingerprint density at radius 3 is 1.24 bits per heavy atom. The molecule has 0 saturated heterocycles. The average Bonchev–Trinajstić information content (AvgIpc) is 2.61. The summed E-state index contributed by atoms with van der Waals surface area (Å²) in [4.78, 5) is 0. The van der Waals surface area contributed by atoms with Crippen LogP contribution in [0.4, 0.5) is 0 Å². The van der Waals surface area contributed by atoms with Crippen LogP contribution in [0.2, 0.25) is 51.4 Å². The first-order valence-corrected chi connectivity index (χ1v) is 22.0. The molecule has 2 saturated carbocycles. The van der Waals surface area contributed by atoms with Crippen LogP contribution in [-0.2, 0) is 8.23 Å². The van der Waals surface area contributed by atoms with Crippen LogP contribution in [0.15, 0.2) is 0 Å². The van der Waals surface area contributed by atoms with Gasteiger partial charge in [0.2, 0.25) is 0 Å². The fourth-order valence-electron chi connectivity index (χ4n) is 6.04. The second kappa shape index (κ2) is 12.0. The Hall–Kier alpha value is 0.571. The van der Waals surface area contributed by atoms with Crippen LogP contribution in [0.25, 0.3) is 0 Å². The molecule has 0 N–H and O–H groups in total. The van der Waals surface area contributed by atoms with Gasteiger partial charge < -0.3 is 8.23 Å². The van der Waals surface area contributed by atoms with Crippen LogP contribution in [-0.4, -0.2) is 25.2 Å². The van der Waals surface area contributed by atoms with Gasteiger partial charge >= 0.3 is 8.56 Å². The summed E-state index contributed by atoms with van der Waals surface area (Å²) in [6.07, 6.45) is 20.3. The molecule has 0 atom stereocenters. The normalized spacial score (nSPS) is 20.9. The van der Waals surface area contributed by atoms with Gasteiger partial charge in [0.1, 0.15) is 0 Å². The van der Waals surface area contributed by atoms with Gasteiger partial charge in [-0.05, 0) is 63.2 Å². The summed E-state index contributed by atoms with van der Waals surface area (Å²) in [7, 11) is -5.27. The van der Waals surface area contributed by atoms with Gasteiger partial charge in [-0.3, -0.25) is 0 Å². The Morgan fingerprint density at radius 2 is 0.897 bits per heavy atom. The molecule has 0 unspecified atom stereocenters.